The molecule has 0 atom stereocenters. The lowest BCUT2D eigenvalue weighted by Crippen LogP contribution is -2.21. The molecule has 88 valence electrons. The summed E-state index contributed by atoms with van der Waals surface area (Å²) in [5.74, 6) is 0.923. The third-order valence-electron chi connectivity index (χ3n) is 2.22. The average Bonchev–Trinajstić information content (AvgIpc) is 2.28. The Labute approximate surface area is 98.3 Å². The van der Waals surface area contributed by atoms with E-state index < -0.39 is 0 Å². The first kappa shape index (κ1) is 12.8. The van der Waals surface area contributed by atoms with Gasteiger partial charge in [0.2, 0.25) is 0 Å². The van der Waals surface area contributed by atoms with Crippen LogP contribution in [0.4, 0.5) is 0 Å². The molecule has 1 N–H and O–H groups in total. The van der Waals surface area contributed by atoms with Crippen molar-refractivity contribution in [2.45, 2.75) is 33.4 Å². The van der Waals surface area contributed by atoms with E-state index in [9.17, 15) is 0 Å². The van der Waals surface area contributed by atoms with E-state index in [2.05, 4.69) is 31.3 Å². The zero-order valence-electron chi connectivity index (χ0n) is 10.4. The van der Waals surface area contributed by atoms with Crippen molar-refractivity contribution in [3.05, 3.63) is 42.0 Å². The molecule has 0 radical (unpaired) electrons. The van der Waals surface area contributed by atoms with Gasteiger partial charge in [-0.05, 0) is 24.6 Å². The van der Waals surface area contributed by atoms with E-state index in [-0.39, 0.29) is 0 Å². The zero-order chi connectivity index (χ0) is 11.8. The van der Waals surface area contributed by atoms with Crippen LogP contribution in [0.2, 0.25) is 0 Å². The van der Waals surface area contributed by atoms with Crippen LogP contribution < -0.4 is 10.1 Å². The van der Waals surface area contributed by atoms with E-state index in [1.807, 2.05) is 31.2 Å². The minimum atomic E-state index is 0.519. The van der Waals surface area contributed by atoms with E-state index in [4.69, 9.17) is 4.74 Å². The Balaban J connectivity index is 2.41. The van der Waals surface area contributed by atoms with E-state index >= 15 is 0 Å². The third kappa shape index (κ3) is 4.99. The molecule has 0 unspecified atom stereocenters. The van der Waals surface area contributed by atoms with E-state index in [1.165, 1.54) is 5.56 Å². The third-order valence-corrected chi connectivity index (χ3v) is 2.22. The van der Waals surface area contributed by atoms with Crippen molar-refractivity contribution in [2.24, 2.45) is 0 Å². The fourth-order valence-electron chi connectivity index (χ4n) is 1.27. The van der Waals surface area contributed by atoms with Gasteiger partial charge in [-0.25, -0.2) is 0 Å². The fourth-order valence-corrected chi connectivity index (χ4v) is 1.27. The molecule has 0 heterocycles. The van der Waals surface area contributed by atoms with Gasteiger partial charge in [0.25, 0.3) is 0 Å². The van der Waals surface area contributed by atoms with Crippen molar-refractivity contribution in [3.63, 3.8) is 0 Å². The maximum absolute atomic E-state index is 5.52. The van der Waals surface area contributed by atoms with Crippen LogP contribution in [0.1, 0.15) is 26.3 Å². The Morgan fingerprint density at radius 3 is 2.50 bits per heavy atom. The maximum Gasteiger partial charge on any atom is 0.119 e. The minimum absolute atomic E-state index is 0.519. The molecule has 2 nitrogen and oxygen atoms in total. The molecule has 2 heteroatoms. The highest BCUT2D eigenvalue weighted by Gasteiger charge is 1.96. The first-order chi connectivity index (χ1) is 7.72. The maximum atomic E-state index is 5.52. The first-order valence-electron chi connectivity index (χ1n) is 5.78. The predicted octanol–water partition coefficient (Wildman–Crippen LogP) is 3.14. The monoisotopic (exact) mass is 219 g/mol. The second kappa shape index (κ2) is 7.07. The molecule has 0 aliphatic heterocycles. The van der Waals surface area contributed by atoms with Crippen molar-refractivity contribution >= 4 is 0 Å². The molecule has 0 aliphatic carbocycles. The zero-order valence-corrected chi connectivity index (χ0v) is 10.4. The van der Waals surface area contributed by atoms with E-state index in [0.29, 0.717) is 12.6 Å². The molecule has 0 saturated carbocycles. The molecule has 1 aromatic rings. The van der Waals surface area contributed by atoms with Gasteiger partial charge >= 0.3 is 0 Å². The first-order valence-corrected chi connectivity index (χ1v) is 5.78. The van der Waals surface area contributed by atoms with Gasteiger partial charge in [-0.2, -0.15) is 0 Å². The van der Waals surface area contributed by atoms with Gasteiger partial charge in [0.1, 0.15) is 12.4 Å². The molecular formula is C14H21NO. The molecular weight excluding hydrogens is 198 g/mol. The van der Waals surface area contributed by atoms with Gasteiger partial charge in [-0.1, -0.05) is 38.1 Å². The second-order valence-corrected chi connectivity index (χ2v) is 4.06. The van der Waals surface area contributed by atoms with Gasteiger partial charge in [0, 0.05) is 12.6 Å². The molecule has 0 aromatic heterocycles. The number of allylic oxidation sites excluding steroid dienone is 1. The number of hydrogen-bond donors (Lipinski definition) is 1. The quantitative estimate of drug-likeness (QED) is 0.742. The Hall–Kier alpha value is -1.28. The molecule has 0 spiro atoms. The largest absolute Gasteiger partial charge is 0.490 e. The van der Waals surface area contributed by atoms with Crippen molar-refractivity contribution in [2.75, 3.05) is 6.61 Å². The van der Waals surface area contributed by atoms with Gasteiger partial charge in [-0.3, -0.25) is 0 Å². The summed E-state index contributed by atoms with van der Waals surface area (Å²) >= 11 is 0. The summed E-state index contributed by atoms with van der Waals surface area (Å²) in [4.78, 5) is 0. The highest BCUT2D eigenvalue weighted by atomic mass is 16.5. The number of nitrogens with one attached hydrogen (secondary N) is 1. The van der Waals surface area contributed by atoms with Gasteiger partial charge in [0.15, 0.2) is 0 Å². The van der Waals surface area contributed by atoms with Crippen LogP contribution in [0.15, 0.2) is 36.4 Å². The summed E-state index contributed by atoms with van der Waals surface area (Å²) in [7, 11) is 0. The smallest absolute Gasteiger partial charge is 0.119 e. The van der Waals surface area contributed by atoms with Crippen LogP contribution in [-0.4, -0.2) is 12.6 Å². The second-order valence-electron chi connectivity index (χ2n) is 4.06. The number of rotatable bonds is 6. The van der Waals surface area contributed by atoms with Gasteiger partial charge in [-0.15, -0.1) is 0 Å². The van der Waals surface area contributed by atoms with E-state index in [1.54, 1.807) is 0 Å². The summed E-state index contributed by atoms with van der Waals surface area (Å²) in [5.41, 5.74) is 1.28. The summed E-state index contributed by atoms with van der Waals surface area (Å²) < 4.78 is 5.52. The molecule has 0 amide bonds. The number of hydrogen-bond acceptors (Lipinski definition) is 2. The lowest BCUT2D eigenvalue weighted by Gasteiger charge is -2.09. The number of benzene rings is 1. The summed E-state index contributed by atoms with van der Waals surface area (Å²) in [6.07, 6.45) is 3.98. The normalized spacial score (nSPS) is 11.2. The van der Waals surface area contributed by atoms with Crippen LogP contribution in [0.25, 0.3) is 0 Å². The number of ether oxygens (including phenoxy) is 1. The van der Waals surface area contributed by atoms with Crippen molar-refractivity contribution < 1.29 is 4.74 Å². The highest BCUT2D eigenvalue weighted by molar-refractivity contribution is 5.27. The van der Waals surface area contributed by atoms with Crippen LogP contribution in [0.3, 0.4) is 0 Å². The molecule has 0 fully saturated rings. The lowest BCUT2D eigenvalue weighted by atomic mass is 10.2. The Bertz CT molecular complexity index is 314. The molecule has 16 heavy (non-hydrogen) atoms. The fraction of sp³-hybridized carbons (Fsp3) is 0.429. The highest BCUT2D eigenvalue weighted by Crippen LogP contribution is 2.12. The molecule has 0 bridgehead atoms. The van der Waals surface area contributed by atoms with Crippen LogP contribution in [0.5, 0.6) is 5.75 Å². The topological polar surface area (TPSA) is 21.3 Å². The Morgan fingerprint density at radius 2 is 1.94 bits per heavy atom. The van der Waals surface area contributed by atoms with Crippen molar-refractivity contribution in [1.82, 2.24) is 5.32 Å². The molecule has 0 saturated heterocycles. The minimum Gasteiger partial charge on any atom is -0.490 e. The van der Waals surface area contributed by atoms with Gasteiger partial charge < -0.3 is 10.1 Å². The molecule has 0 aliphatic rings. The molecule has 1 rings (SSSR count). The summed E-state index contributed by atoms with van der Waals surface area (Å²) in [6.45, 7) is 7.83. The lowest BCUT2D eigenvalue weighted by molar-refractivity contribution is 0.362. The Kier molecular flexibility index (Phi) is 5.65. The molecule has 1 aromatic carbocycles. The average molecular weight is 219 g/mol. The Morgan fingerprint density at radius 1 is 1.25 bits per heavy atom. The van der Waals surface area contributed by atoms with Crippen molar-refractivity contribution in [1.29, 1.82) is 0 Å². The van der Waals surface area contributed by atoms with Crippen LogP contribution in [-0.2, 0) is 6.54 Å². The standard InChI is InChI=1S/C14H21NO/c1-4-5-10-16-14-8-6-13(7-9-14)11-15-12(2)3/h4-9,12,15H,10-11H2,1-3H3/b5-4+. The van der Waals surface area contributed by atoms with Crippen molar-refractivity contribution in [3.8, 4) is 5.75 Å². The predicted molar refractivity (Wildman–Crippen MR) is 68.7 cm³/mol. The van der Waals surface area contributed by atoms with Crippen LogP contribution >= 0.6 is 0 Å². The van der Waals surface area contributed by atoms with Gasteiger partial charge in [0.05, 0.1) is 0 Å². The van der Waals surface area contributed by atoms with Crippen LogP contribution in [0, 0.1) is 0 Å². The SMILES string of the molecule is C/C=C/COc1ccc(CNC(C)C)cc1. The summed E-state index contributed by atoms with van der Waals surface area (Å²) in [6, 6.07) is 8.74. The summed E-state index contributed by atoms with van der Waals surface area (Å²) in [5, 5.41) is 3.38. The van der Waals surface area contributed by atoms with E-state index in [0.717, 1.165) is 12.3 Å².